The molecule has 34 heavy (non-hydrogen) atoms. The Morgan fingerprint density at radius 2 is 1.59 bits per heavy atom. The molecule has 0 saturated carbocycles. The molecule has 0 atom stereocenters. The second-order valence-electron chi connectivity index (χ2n) is 7.32. The van der Waals surface area contributed by atoms with E-state index in [1.807, 2.05) is 6.07 Å². The Morgan fingerprint density at radius 3 is 2.03 bits per heavy atom. The number of hydrogen-bond acceptors (Lipinski definition) is 4. The highest BCUT2D eigenvalue weighted by molar-refractivity contribution is 7.90. The van der Waals surface area contributed by atoms with Crippen LogP contribution >= 0.6 is 0 Å². The topological polar surface area (TPSA) is 60.4 Å². The largest absolute Gasteiger partial charge is 0.453 e. The van der Waals surface area contributed by atoms with Crippen molar-refractivity contribution in [3.63, 3.8) is 0 Å². The highest BCUT2D eigenvalue weighted by atomic mass is 32.2. The minimum absolute atomic E-state index is 0.0544. The summed E-state index contributed by atoms with van der Waals surface area (Å²) in [4.78, 5) is 12.1. The van der Waals surface area contributed by atoms with Crippen LogP contribution in [0.4, 0.5) is 8.78 Å². The number of sulfone groups is 1. The number of carbonyl (C=O) groups is 1. The summed E-state index contributed by atoms with van der Waals surface area (Å²) in [6.07, 6.45) is 3.59. The van der Waals surface area contributed by atoms with Gasteiger partial charge in [-0.2, -0.15) is 0 Å². The molecule has 178 valence electrons. The van der Waals surface area contributed by atoms with E-state index < -0.39 is 27.3 Å². The van der Waals surface area contributed by atoms with Crippen molar-refractivity contribution in [2.75, 3.05) is 6.26 Å². The summed E-state index contributed by atoms with van der Waals surface area (Å²) >= 11 is 0. The fraction of sp³-hybridized carbons (Fsp3) is 0.148. The summed E-state index contributed by atoms with van der Waals surface area (Å²) in [7, 11) is -3.36. The Kier molecular flexibility index (Phi) is 9.45. The molecule has 3 aromatic rings. The van der Waals surface area contributed by atoms with Crippen molar-refractivity contribution in [3.05, 3.63) is 114 Å². The first-order valence-electron chi connectivity index (χ1n) is 10.4. The lowest BCUT2D eigenvalue weighted by molar-refractivity contribution is -0.115. The van der Waals surface area contributed by atoms with Crippen LogP contribution in [0.3, 0.4) is 0 Å². The average molecular weight is 485 g/mol. The molecule has 0 aliphatic carbocycles. The van der Waals surface area contributed by atoms with Gasteiger partial charge in [0.05, 0.1) is 4.90 Å². The van der Waals surface area contributed by atoms with E-state index >= 15 is 0 Å². The van der Waals surface area contributed by atoms with Crippen LogP contribution in [0.25, 0.3) is 5.57 Å². The number of carbonyl (C=O) groups excluding carboxylic acids is 1. The van der Waals surface area contributed by atoms with Gasteiger partial charge in [-0.15, -0.1) is 0 Å². The maximum Gasteiger partial charge on any atom is 0.195 e. The van der Waals surface area contributed by atoms with Crippen molar-refractivity contribution in [1.29, 1.82) is 0 Å². The van der Waals surface area contributed by atoms with Gasteiger partial charge in [-0.3, -0.25) is 4.79 Å². The molecule has 3 aromatic carbocycles. The van der Waals surface area contributed by atoms with Crippen LogP contribution in [-0.4, -0.2) is 20.5 Å². The molecular weight excluding hydrogens is 458 g/mol. The fourth-order valence-corrected chi connectivity index (χ4v) is 3.54. The predicted octanol–water partition coefficient (Wildman–Crippen LogP) is 6.18. The zero-order valence-corrected chi connectivity index (χ0v) is 20.0. The van der Waals surface area contributed by atoms with Gasteiger partial charge in [-0.25, -0.2) is 17.2 Å². The van der Waals surface area contributed by atoms with Gasteiger partial charge in [0.2, 0.25) is 0 Å². The van der Waals surface area contributed by atoms with Gasteiger partial charge in [0.25, 0.3) is 0 Å². The number of allylic oxidation sites excluding steroid dienone is 3. The number of ether oxygens (including phenoxy) is 1. The molecular formula is C27H26F2O4S. The molecule has 0 radical (unpaired) electrons. The molecule has 0 amide bonds. The Labute approximate surface area is 199 Å². The van der Waals surface area contributed by atoms with E-state index in [2.05, 4.69) is 37.8 Å². The van der Waals surface area contributed by atoms with Gasteiger partial charge >= 0.3 is 0 Å². The smallest absolute Gasteiger partial charge is 0.195 e. The van der Waals surface area contributed by atoms with Crippen LogP contribution in [0, 0.1) is 11.6 Å². The molecule has 0 bridgehead atoms. The number of Topliss-reactive ketones (excluding diaryl/α,β-unsaturated/α-hetero) is 1. The summed E-state index contributed by atoms with van der Waals surface area (Å²) in [5.41, 5.74) is 2.19. The molecule has 4 nitrogen and oxygen atoms in total. The zero-order chi connectivity index (χ0) is 25.3. The monoisotopic (exact) mass is 484 g/mol. The Balaban J connectivity index is 0.000000430. The zero-order valence-electron chi connectivity index (χ0n) is 19.2. The second kappa shape index (κ2) is 12.0. The Morgan fingerprint density at radius 1 is 0.971 bits per heavy atom. The lowest BCUT2D eigenvalue weighted by Gasteiger charge is -2.13. The third-order valence-electron chi connectivity index (χ3n) is 4.72. The number of aryl methyl sites for hydroxylation is 1. The van der Waals surface area contributed by atoms with E-state index in [9.17, 15) is 22.0 Å². The summed E-state index contributed by atoms with van der Waals surface area (Å²) < 4.78 is 55.0. The van der Waals surface area contributed by atoms with E-state index in [4.69, 9.17) is 4.74 Å². The lowest BCUT2D eigenvalue weighted by Crippen LogP contribution is -2.08. The fourth-order valence-electron chi connectivity index (χ4n) is 2.91. The first kappa shape index (κ1) is 26.7. The van der Waals surface area contributed by atoms with Crippen molar-refractivity contribution in [2.45, 2.75) is 25.2 Å². The van der Waals surface area contributed by atoms with E-state index in [-0.39, 0.29) is 16.4 Å². The first-order valence-corrected chi connectivity index (χ1v) is 12.3. The van der Waals surface area contributed by atoms with Gasteiger partial charge in [0.1, 0.15) is 5.75 Å². The maximum atomic E-state index is 13.4. The lowest BCUT2D eigenvalue weighted by atomic mass is 10.0. The van der Waals surface area contributed by atoms with Gasteiger partial charge in [0, 0.05) is 24.8 Å². The number of halogens is 2. The standard InChI is InChI=1S/C19H16F2O4S.C8H10/c1-4-16(13-5-8-15(9-6-13)26(3,23)24)19(12(2)22)25-14-7-10-17(20)18(21)11-14;1-2-8-6-4-3-5-7-8/h4-11H,1H2,2-3H3;3-7H,2H2,1H3/b19-16-;. The molecule has 0 spiro atoms. The van der Waals surface area contributed by atoms with Crippen LogP contribution < -0.4 is 4.74 Å². The Hall–Kier alpha value is -3.58. The minimum atomic E-state index is -3.36. The number of hydrogen-bond donors (Lipinski definition) is 0. The van der Waals surface area contributed by atoms with Crippen molar-refractivity contribution < 1.29 is 26.7 Å². The highest BCUT2D eigenvalue weighted by Crippen LogP contribution is 2.26. The molecule has 0 aliphatic rings. The third-order valence-corrected chi connectivity index (χ3v) is 5.85. The molecule has 0 fully saturated rings. The molecule has 0 heterocycles. The summed E-state index contributed by atoms with van der Waals surface area (Å²) in [5.74, 6) is -2.79. The van der Waals surface area contributed by atoms with E-state index in [0.717, 1.165) is 24.8 Å². The average Bonchev–Trinajstić information content (AvgIpc) is 2.82. The van der Waals surface area contributed by atoms with Crippen molar-refractivity contribution in [2.24, 2.45) is 0 Å². The van der Waals surface area contributed by atoms with Crippen LogP contribution in [0.5, 0.6) is 5.75 Å². The molecule has 0 aromatic heterocycles. The van der Waals surface area contributed by atoms with Crippen LogP contribution in [0.15, 0.2) is 96.1 Å². The molecule has 0 saturated heterocycles. The van der Waals surface area contributed by atoms with Crippen molar-refractivity contribution in [1.82, 2.24) is 0 Å². The van der Waals surface area contributed by atoms with Gasteiger partial charge < -0.3 is 4.74 Å². The molecule has 0 unspecified atom stereocenters. The normalized spacial score (nSPS) is 11.6. The number of ketones is 1. The molecule has 0 aliphatic heterocycles. The second-order valence-corrected chi connectivity index (χ2v) is 9.33. The molecule has 3 rings (SSSR count). The van der Waals surface area contributed by atoms with Gasteiger partial charge in [-0.1, -0.05) is 62.0 Å². The quantitative estimate of drug-likeness (QED) is 0.228. The SMILES string of the molecule is C=C/C(=C(/Oc1ccc(F)c(F)c1)C(C)=O)c1ccc(S(C)(=O)=O)cc1.CCc1ccccc1. The van der Waals surface area contributed by atoms with Crippen molar-refractivity contribution in [3.8, 4) is 5.75 Å². The van der Waals surface area contributed by atoms with Crippen LogP contribution in [-0.2, 0) is 21.1 Å². The molecule has 7 heteroatoms. The van der Waals surface area contributed by atoms with Crippen molar-refractivity contribution >= 4 is 21.2 Å². The maximum absolute atomic E-state index is 13.4. The highest BCUT2D eigenvalue weighted by Gasteiger charge is 2.16. The third kappa shape index (κ3) is 7.49. The number of benzene rings is 3. The summed E-state index contributed by atoms with van der Waals surface area (Å²) in [6, 6.07) is 19.1. The van der Waals surface area contributed by atoms with Crippen LogP contribution in [0.2, 0.25) is 0 Å². The first-order chi connectivity index (χ1) is 16.1. The van der Waals surface area contributed by atoms with Gasteiger partial charge in [0.15, 0.2) is 33.0 Å². The number of rotatable bonds is 7. The Bertz CT molecular complexity index is 1280. The summed E-state index contributed by atoms with van der Waals surface area (Å²) in [6.45, 7) is 7.06. The van der Waals surface area contributed by atoms with Crippen LogP contribution in [0.1, 0.15) is 25.0 Å². The molecule has 0 N–H and O–H groups in total. The van der Waals surface area contributed by atoms with Gasteiger partial charge in [-0.05, 0) is 41.8 Å². The predicted molar refractivity (Wildman–Crippen MR) is 130 cm³/mol. The van der Waals surface area contributed by atoms with E-state index in [0.29, 0.717) is 11.1 Å². The van der Waals surface area contributed by atoms with E-state index in [1.54, 1.807) is 0 Å². The van der Waals surface area contributed by atoms with E-state index in [1.165, 1.54) is 48.9 Å². The minimum Gasteiger partial charge on any atom is -0.453 e. The summed E-state index contributed by atoms with van der Waals surface area (Å²) in [5, 5.41) is 0.